The first-order valence-corrected chi connectivity index (χ1v) is 12.8. The smallest absolute Gasteiger partial charge is 0.240 e. The van der Waals surface area contributed by atoms with Crippen LogP contribution in [0.25, 0.3) is 0 Å². The molecule has 1 aliphatic heterocycles. The molecule has 0 unspecified atom stereocenters. The molecule has 0 amide bonds. The summed E-state index contributed by atoms with van der Waals surface area (Å²) >= 11 is 5.77. The quantitative estimate of drug-likeness (QED) is 0.627. The molecule has 1 saturated heterocycles. The summed E-state index contributed by atoms with van der Waals surface area (Å²) in [6.45, 7) is 1.49. The largest absolute Gasteiger partial charge is 0.495 e. The number of sulfonamides is 2. The molecule has 0 atom stereocenters. The van der Waals surface area contributed by atoms with Crippen molar-refractivity contribution in [1.29, 1.82) is 0 Å². The summed E-state index contributed by atoms with van der Waals surface area (Å²) in [5.41, 5.74) is 0.924. The van der Waals surface area contributed by atoms with E-state index in [0.717, 1.165) is 11.4 Å². The lowest BCUT2D eigenvalue weighted by molar-refractivity contribution is 0.378. The highest BCUT2D eigenvalue weighted by Crippen LogP contribution is 2.28. The maximum Gasteiger partial charge on any atom is 0.240 e. The number of ether oxygens (including phenoxy) is 1. The van der Waals surface area contributed by atoms with Crippen LogP contribution in [0.4, 0.5) is 5.69 Å². The van der Waals surface area contributed by atoms with Gasteiger partial charge in [-0.2, -0.15) is 4.31 Å². The average molecular weight is 474 g/mol. The Morgan fingerprint density at radius 2 is 1.60 bits per heavy atom. The zero-order valence-corrected chi connectivity index (χ0v) is 18.9. The average Bonchev–Trinajstić information content (AvgIpc) is 2.74. The van der Waals surface area contributed by atoms with Gasteiger partial charge in [0.25, 0.3) is 0 Å². The molecule has 0 bridgehead atoms. The highest BCUT2D eigenvalue weighted by atomic mass is 35.5. The van der Waals surface area contributed by atoms with Crippen molar-refractivity contribution in [2.45, 2.75) is 4.90 Å². The maximum absolute atomic E-state index is 12.6. The van der Waals surface area contributed by atoms with Crippen molar-refractivity contribution in [3.05, 3.63) is 53.6 Å². The molecule has 0 radical (unpaired) electrons. The highest BCUT2D eigenvalue weighted by molar-refractivity contribution is 7.90. The van der Waals surface area contributed by atoms with Crippen LogP contribution in [0.3, 0.4) is 0 Å². The molecule has 2 aromatic rings. The Labute approximate surface area is 182 Å². The monoisotopic (exact) mass is 473 g/mol. The Balaban J connectivity index is 1.55. The molecule has 0 aliphatic carbocycles. The fourth-order valence-corrected chi connectivity index (χ4v) is 5.85. The number of nitrogens with one attached hydrogen (secondary N) is 1. The van der Waals surface area contributed by atoms with Crippen molar-refractivity contribution in [2.24, 2.45) is 0 Å². The van der Waals surface area contributed by atoms with E-state index in [1.54, 1.807) is 7.11 Å². The molecule has 1 heterocycles. The number of para-hydroxylation sites is 2. The van der Waals surface area contributed by atoms with Gasteiger partial charge in [0.2, 0.25) is 20.0 Å². The third kappa shape index (κ3) is 5.44. The van der Waals surface area contributed by atoms with E-state index in [1.807, 2.05) is 24.3 Å². The van der Waals surface area contributed by atoms with Gasteiger partial charge in [0, 0.05) is 37.7 Å². The van der Waals surface area contributed by atoms with Gasteiger partial charge in [-0.3, -0.25) is 0 Å². The van der Waals surface area contributed by atoms with Crippen LogP contribution in [-0.2, 0) is 20.0 Å². The number of anilines is 1. The maximum atomic E-state index is 12.6. The minimum absolute atomic E-state index is 0.0368. The van der Waals surface area contributed by atoms with Gasteiger partial charge in [0.15, 0.2) is 0 Å². The number of hydrogen-bond acceptors (Lipinski definition) is 6. The summed E-state index contributed by atoms with van der Waals surface area (Å²) in [6, 6.07) is 13.3. The molecule has 11 heteroatoms. The number of nitrogens with zero attached hydrogens (tertiary/aromatic N) is 2. The molecule has 8 nitrogen and oxygen atoms in total. The Morgan fingerprint density at radius 3 is 2.23 bits per heavy atom. The van der Waals surface area contributed by atoms with Gasteiger partial charge in [0.1, 0.15) is 5.75 Å². The van der Waals surface area contributed by atoms with E-state index < -0.39 is 20.0 Å². The number of methoxy groups -OCH3 is 1. The van der Waals surface area contributed by atoms with Gasteiger partial charge in [-0.15, -0.1) is 0 Å². The van der Waals surface area contributed by atoms with E-state index in [0.29, 0.717) is 31.2 Å². The van der Waals surface area contributed by atoms with Crippen LogP contribution in [0.15, 0.2) is 53.4 Å². The van der Waals surface area contributed by atoms with E-state index in [-0.39, 0.29) is 17.2 Å². The molecule has 164 valence electrons. The number of halogens is 1. The van der Waals surface area contributed by atoms with Crippen molar-refractivity contribution in [3.63, 3.8) is 0 Å². The lowest BCUT2D eigenvalue weighted by Gasteiger charge is -2.35. The standard InChI is InChI=1S/C19H24ClN3O5S2/c1-28-19-5-3-2-4-18(19)22-11-13-23(14-12-22)29(24,25)15-10-21-30(26,27)17-8-6-16(20)7-9-17/h2-9,21H,10-15H2,1H3. The van der Waals surface area contributed by atoms with E-state index in [2.05, 4.69) is 9.62 Å². The van der Waals surface area contributed by atoms with Crippen LogP contribution in [0.1, 0.15) is 0 Å². The number of rotatable bonds is 8. The Bertz CT molecular complexity index is 1070. The van der Waals surface area contributed by atoms with E-state index >= 15 is 0 Å². The summed E-state index contributed by atoms with van der Waals surface area (Å²) in [5, 5.41) is 0.420. The van der Waals surface area contributed by atoms with Crippen molar-refractivity contribution in [1.82, 2.24) is 9.03 Å². The van der Waals surface area contributed by atoms with E-state index in [4.69, 9.17) is 16.3 Å². The van der Waals surface area contributed by atoms with Gasteiger partial charge in [-0.25, -0.2) is 21.6 Å². The Hall–Kier alpha value is -1.85. The van der Waals surface area contributed by atoms with Gasteiger partial charge in [-0.1, -0.05) is 23.7 Å². The van der Waals surface area contributed by atoms with Crippen LogP contribution in [0.2, 0.25) is 5.02 Å². The number of hydrogen-bond donors (Lipinski definition) is 1. The summed E-state index contributed by atoms with van der Waals surface area (Å²) in [5.74, 6) is 0.430. The minimum Gasteiger partial charge on any atom is -0.495 e. The third-order valence-electron chi connectivity index (χ3n) is 4.83. The number of benzene rings is 2. The molecular formula is C19H24ClN3O5S2. The molecule has 2 aromatic carbocycles. The first-order valence-electron chi connectivity index (χ1n) is 9.34. The highest BCUT2D eigenvalue weighted by Gasteiger charge is 2.28. The van der Waals surface area contributed by atoms with Gasteiger partial charge in [0.05, 0.1) is 23.4 Å². The normalized spacial score (nSPS) is 15.9. The third-order valence-corrected chi connectivity index (χ3v) is 8.43. The Morgan fingerprint density at radius 1 is 0.967 bits per heavy atom. The molecule has 1 aliphatic rings. The molecule has 0 saturated carbocycles. The molecule has 0 aromatic heterocycles. The van der Waals surface area contributed by atoms with Crippen LogP contribution in [0, 0.1) is 0 Å². The summed E-state index contributed by atoms with van der Waals surface area (Å²) in [6.07, 6.45) is 0. The van der Waals surface area contributed by atoms with E-state index in [9.17, 15) is 16.8 Å². The fourth-order valence-electron chi connectivity index (χ4n) is 3.23. The zero-order valence-electron chi connectivity index (χ0n) is 16.5. The van der Waals surface area contributed by atoms with Crippen LogP contribution in [-0.4, -0.2) is 66.7 Å². The van der Waals surface area contributed by atoms with Crippen LogP contribution >= 0.6 is 11.6 Å². The predicted molar refractivity (Wildman–Crippen MR) is 117 cm³/mol. The lowest BCUT2D eigenvalue weighted by atomic mass is 10.2. The van der Waals surface area contributed by atoms with Crippen molar-refractivity contribution in [2.75, 3.05) is 50.5 Å². The van der Waals surface area contributed by atoms with E-state index in [1.165, 1.54) is 28.6 Å². The Kier molecular flexibility index (Phi) is 7.25. The van der Waals surface area contributed by atoms with Crippen LogP contribution < -0.4 is 14.4 Å². The fraction of sp³-hybridized carbons (Fsp3) is 0.368. The molecule has 1 N–H and O–H groups in total. The molecular weight excluding hydrogens is 450 g/mol. The molecule has 30 heavy (non-hydrogen) atoms. The first kappa shape index (κ1) is 22.8. The molecule has 1 fully saturated rings. The predicted octanol–water partition coefficient (Wildman–Crippen LogP) is 1.78. The van der Waals surface area contributed by atoms with Crippen molar-refractivity contribution < 1.29 is 21.6 Å². The van der Waals surface area contributed by atoms with Crippen molar-refractivity contribution >= 4 is 37.3 Å². The zero-order chi connectivity index (χ0) is 21.8. The minimum atomic E-state index is -3.80. The van der Waals surface area contributed by atoms with Gasteiger partial charge < -0.3 is 9.64 Å². The second-order valence-corrected chi connectivity index (χ2v) is 11.0. The van der Waals surface area contributed by atoms with Gasteiger partial charge in [-0.05, 0) is 36.4 Å². The summed E-state index contributed by atoms with van der Waals surface area (Å²) < 4.78 is 59.0. The van der Waals surface area contributed by atoms with Gasteiger partial charge >= 0.3 is 0 Å². The molecule has 0 spiro atoms. The molecule has 3 rings (SSSR count). The second-order valence-electron chi connectivity index (χ2n) is 6.73. The SMILES string of the molecule is COc1ccccc1N1CCN(S(=O)(=O)CCNS(=O)(=O)c2ccc(Cl)cc2)CC1. The topological polar surface area (TPSA) is 96.0 Å². The van der Waals surface area contributed by atoms with Crippen LogP contribution in [0.5, 0.6) is 5.75 Å². The first-order chi connectivity index (χ1) is 14.2. The second kappa shape index (κ2) is 9.52. The lowest BCUT2D eigenvalue weighted by Crippen LogP contribution is -2.50. The number of piperazine rings is 1. The summed E-state index contributed by atoms with van der Waals surface area (Å²) in [7, 11) is -5.78. The summed E-state index contributed by atoms with van der Waals surface area (Å²) in [4.78, 5) is 2.11. The van der Waals surface area contributed by atoms with Crippen molar-refractivity contribution in [3.8, 4) is 5.75 Å².